The lowest BCUT2D eigenvalue weighted by Crippen LogP contribution is -2.27. The van der Waals surface area contributed by atoms with Crippen LogP contribution in [-0.2, 0) is 4.74 Å². The predicted octanol–water partition coefficient (Wildman–Crippen LogP) is 2.96. The maximum atomic E-state index is 12.1. The average Bonchev–Trinajstić information content (AvgIpc) is 2.86. The van der Waals surface area contributed by atoms with Crippen LogP contribution in [0.15, 0.2) is 30.5 Å². The molecule has 2 N–H and O–H groups in total. The van der Waals surface area contributed by atoms with Crippen molar-refractivity contribution >= 4 is 16.8 Å². The Morgan fingerprint density at radius 2 is 2.10 bits per heavy atom. The molecule has 2 rings (SSSR count). The number of hydrogen-bond acceptors (Lipinski definition) is 2. The van der Waals surface area contributed by atoms with Crippen molar-refractivity contribution in [3.63, 3.8) is 0 Å². The lowest BCUT2D eigenvalue weighted by Gasteiger charge is -2.07. The first-order valence-corrected chi connectivity index (χ1v) is 7.10. The van der Waals surface area contributed by atoms with Crippen molar-refractivity contribution in [2.75, 3.05) is 19.8 Å². The summed E-state index contributed by atoms with van der Waals surface area (Å²) < 4.78 is 5.48. The number of amides is 1. The molecule has 0 aliphatic carbocycles. The summed E-state index contributed by atoms with van der Waals surface area (Å²) in [6.45, 7) is 6.18. The van der Waals surface area contributed by atoms with E-state index < -0.39 is 0 Å². The summed E-state index contributed by atoms with van der Waals surface area (Å²) in [5.74, 6) is 0.589. The van der Waals surface area contributed by atoms with Crippen molar-refractivity contribution in [3.05, 3.63) is 36.0 Å². The van der Waals surface area contributed by atoms with Crippen molar-refractivity contribution in [2.45, 2.75) is 20.3 Å². The molecule has 0 aliphatic rings. The Morgan fingerprint density at radius 3 is 2.90 bits per heavy atom. The van der Waals surface area contributed by atoms with Gasteiger partial charge in [-0.15, -0.1) is 0 Å². The number of aromatic nitrogens is 1. The minimum absolute atomic E-state index is 0.0603. The van der Waals surface area contributed by atoms with Crippen LogP contribution in [0.2, 0.25) is 0 Å². The van der Waals surface area contributed by atoms with Crippen LogP contribution in [0.1, 0.15) is 30.6 Å². The zero-order chi connectivity index (χ0) is 14.4. The average molecular weight is 274 g/mol. The normalized spacial score (nSPS) is 11.2. The lowest BCUT2D eigenvalue weighted by atomic mass is 10.1. The second kappa shape index (κ2) is 7.10. The maximum absolute atomic E-state index is 12.1. The number of carbonyl (C=O) groups is 1. The number of rotatable bonds is 7. The van der Waals surface area contributed by atoms with E-state index in [-0.39, 0.29) is 5.91 Å². The van der Waals surface area contributed by atoms with Gasteiger partial charge in [-0.1, -0.05) is 32.0 Å². The standard InChI is InChI=1S/C16H22N2O2/c1-12(2)7-9-20-10-8-17-16(19)14-11-18-15-6-4-3-5-13(14)15/h3-6,11-12,18H,7-10H2,1-2H3,(H,17,19). The van der Waals surface area contributed by atoms with E-state index in [1.165, 1.54) is 0 Å². The minimum Gasteiger partial charge on any atom is -0.380 e. The van der Waals surface area contributed by atoms with Gasteiger partial charge in [0.25, 0.3) is 5.91 Å². The Hall–Kier alpha value is -1.81. The molecule has 1 aromatic heterocycles. The second-order valence-corrected chi connectivity index (χ2v) is 5.30. The predicted molar refractivity (Wildman–Crippen MR) is 80.9 cm³/mol. The van der Waals surface area contributed by atoms with E-state index in [1.54, 1.807) is 6.20 Å². The molecule has 0 unspecified atom stereocenters. The van der Waals surface area contributed by atoms with E-state index in [0.29, 0.717) is 24.6 Å². The summed E-state index contributed by atoms with van der Waals surface area (Å²) in [6.07, 6.45) is 2.80. The van der Waals surface area contributed by atoms with Crippen molar-refractivity contribution in [3.8, 4) is 0 Å². The van der Waals surface area contributed by atoms with Crippen LogP contribution in [0.4, 0.5) is 0 Å². The fourth-order valence-corrected chi connectivity index (χ4v) is 2.01. The van der Waals surface area contributed by atoms with Gasteiger partial charge in [0.1, 0.15) is 0 Å². The number of fused-ring (bicyclic) bond motifs is 1. The Balaban J connectivity index is 1.78. The first kappa shape index (κ1) is 14.6. The third-order valence-electron chi connectivity index (χ3n) is 3.21. The fourth-order valence-electron chi connectivity index (χ4n) is 2.01. The first-order valence-electron chi connectivity index (χ1n) is 7.10. The molecular weight excluding hydrogens is 252 g/mol. The highest BCUT2D eigenvalue weighted by molar-refractivity contribution is 6.06. The molecule has 0 saturated carbocycles. The quantitative estimate of drug-likeness (QED) is 0.763. The summed E-state index contributed by atoms with van der Waals surface area (Å²) in [6, 6.07) is 7.78. The van der Waals surface area contributed by atoms with Gasteiger partial charge >= 0.3 is 0 Å². The van der Waals surface area contributed by atoms with Gasteiger partial charge in [0.15, 0.2) is 0 Å². The highest BCUT2D eigenvalue weighted by Gasteiger charge is 2.10. The van der Waals surface area contributed by atoms with E-state index in [1.807, 2.05) is 24.3 Å². The van der Waals surface area contributed by atoms with E-state index in [2.05, 4.69) is 24.1 Å². The van der Waals surface area contributed by atoms with E-state index in [0.717, 1.165) is 23.9 Å². The smallest absolute Gasteiger partial charge is 0.253 e. The van der Waals surface area contributed by atoms with Crippen molar-refractivity contribution in [1.29, 1.82) is 0 Å². The molecule has 0 aliphatic heterocycles. The molecule has 1 heterocycles. The van der Waals surface area contributed by atoms with Crippen LogP contribution in [-0.4, -0.2) is 30.6 Å². The lowest BCUT2D eigenvalue weighted by molar-refractivity contribution is 0.0907. The number of aromatic amines is 1. The topological polar surface area (TPSA) is 54.1 Å². The molecule has 108 valence electrons. The molecule has 0 bridgehead atoms. The van der Waals surface area contributed by atoms with Crippen molar-refractivity contribution in [1.82, 2.24) is 10.3 Å². The van der Waals surface area contributed by atoms with Crippen LogP contribution in [0.5, 0.6) is 0 Å². The SMILES string of the molecule is CC(C)CCOCCNC(=O)c1c[nH]c2ccccc12. The molecule has 0 saturated heterocycles. The van der Waals surface area contributed by atoms with Crippen molar-refractivity contribution < 1.29 is 9.53 Å². The second-order valence-electron chi connectivity index (χ2n) is 5.30. The van der Waals surface area contributed by atoms with E-state index >= 15 is 0 Å². The Morgan fingerprint density at radius 1 is 1.30 bits per heavy atom. The number of carbonyl (C=O) groups excluding carboxylic acids is 1. The van der Waals surface area contributed by atoms with Gasteiger partial charge in [-0.2, -0.15) is 0 Å². The molecular formula is C16H22N2O2. The molecule has 2 aromatic rings. The zero-order valence-electron chi connectivity index (χ0n) is 12.1. The number of ether oxygens (including phenoxy) is 1. The summed E-state index contributed by atoms with van der Waals surface area (Å²) >= 11 is 0. The molecule has 0 atom stereocenters. The molecule has 1 aromatic carbocycles. The van der Waals surface area contributed by atoms with Gasteiger partial charge in [0.05, 0.1) is 12.2 Å². The van der Waals surface area contributed by atoms with Gasteiger partial charge in [0, 0.05) is 30.3 Å². The molecule has 4 heteroatoms. The van der Waals surface area contributed by atoms with E-state index in [9.17, 15) is 4.79 Å². The molecule has 0 fully saturated rings. The monoisotopic (exact) mass is 274 g/mol. The number of benzene rings is 1. The number of para-hydroxylation sites is 1. The van der Waals surface area contributed by atoms with Crippen LogP contribution >= 0.6 is 0 Å². The number of H-pyrrole nitrogens is 1. The summed E-state index contributed by atoms with van der Waals surface area (Å²) in [4.78, 5) is 15.2. The van der Waals surface area contributed by atoms with Crippen LogP contribution in [0.3, 0.4) is 0 Å². The van der Waals surface area contributed by atoms with Gasteiger partial charge in [-0.3, -0.25) is 4.79 Å². The Bertz CT molecular complexity index is 560. The largest absolute Gasteiger partial charge is 0.380 e. The molecule has 20 heavy (non-hydrogen) atoms. The Kier molecular flexibility index (Phi) is 5.18. The van der Waals surface area contributed by atoms with Gasteiger partial charge in [0.2, 0.25) is 0 Å². The van der Waals surface area contributed by atoms with Crippen molar-refractivity contribution in [2.24, 2.45) is 5.92 Å². The summed E-state index contributed by atoms with van der Waals surface area (Å²) in [5, 5.41) is 3.83. The molecule has 0 radical (unpaired) electrons. The highest BCUT2D eigenvalue weighted by atomic mass is 16.5. The third kappa shape index (κ3) is 3.84. The van der Waals surface area contributed by atoms with Gasteiger partial charge in [-0.05, 0) is 18.4 Å². The minimum atomic E-state index is -0.0603. The maximum Gasteiger partial charge on any atom is 0.253 e. The Labute approximate surface area is 119 Å². The van der Waals surface area contributed by atoms with Crippen LogP contribution in [0.25, 0.3) is 10.9 Å². The number of nitrogens with one attached hydrogen (secondary N) is 2. The van der Waals surface area contributed by atoms with E-state index in [4.69, 9.17) is 4.74 Å². The number of hydrogen-bond donors (Lipinski definition) is 2. The molecule has 0 spiro atoms. The van der Waals surface area contributed by atoms with Crippen LogP contribution < -0.4 is 5.32 Å². The van der Waals surface area contributed by atoms with Crippen LogP contribution in [0, 0.1) is 5.92 Å². The van der Waals surface area contributed by atoms with Gasteiger partial charge < -0.3 is 15.0 Å². The summed E-state index contributed by atoms with van der Waals surface area (Å²) in [5.41, 5.74) is 1.66. The summed E-state index contributed by atoms with van der Waals surface area (Å²) in [7, 11) is 0. The third-order valence-corrected chi connectivity index (χ3v) is 3.21. The zero-order valence-corrected chi connectivity index (χ0v) is 12.1. The molecule has 4 nitrogen and oxygen atoms in total. The first-order chi connectivity index (χ1) is 9.68. The molecule has 1 amide bonds. The fraction of sp³-hybridized carbons (Fsp3) is 0.438. The van der Waals surface area contributed by atoms with Gasteiger partial charge in [-0.25, -0.2) is 0 Å². The highest BCUT2D eigenvalue weighted by Crippen LogP contribution is 2.17.